The lowest BCUT2D eigenvalue weighted by molar-refractivity contribution is -0.138. The second-order valence-corrected chi connectivity index (χ2v) is 7.17. The maximum atomic E-state index is 11.1. The zero-order chi connectivity index (χ0) is 19.7. The van der Waals surface area contributed by atoms with E-state index >= 15 is 0 Å². The molecule has 4 N–H and O–H groups in total. The molecule has 0 aliphatic heterocycles. The summed E-state index contributed by atoms with van der Waals surface area (Å²) in [6, 6.07) is 22.3. The fraction of sp³-hybridized carbons (Fsp3) is 0.125. The van der Waals surface area contributed by atoms with Gasteiger partial charge in [-0.25, -0.2) is 0 Å². The maximum Gasteiger partial charge on any atom is 0.320 e. The number of nitrogens with one attached hydrogen (secondary N) is 1. The summed E-state index contributed by atoms with van der Waals surface area (Å²) in [6.45, 7) is 2.08. The lowest BCUT2D eigenvalue weighted by atomic mass is 9.98. The van der Waals surface area contributed by atoms with Crippen LogP contribution in [0.3, 0.4) is 0 Å². The lowest BCUT2D eigenvalue weighted by Gasteiger charge is -2.08. The number of carboxylic acid groups (broad SMARTS) is 1. The second-order valence-electron chi connectivity index (χ2n) is 7.17. The van der Waals surface area contributed by atoms with Crippen LogP contribution in [0.5, 0.6) is 0 Å². The van der Waals surface area contributed by atoms with Crippen LogP contribution < -0.4 is 5.73 Å². The number of nitrogens with two attached hydrogens (primary N) is 1. The van der Waals surface area contributed by atoms with Crippen molar-refractivity contribution in [3.8, 4) is 22.3 Å². The number of hydrogen-bond acceptors (Lipinski definition) is 2. The summed E-state index contributed by atoms with van der Waals surface area (Å²) in [5, 5.41) is 10.1. The van der Waals surface area contributed by atoms with Crippen molar-refractivity contribution in [2.45, 2.75) is 19.4 Å². The van der Waals surface area contributed by atoms with E-state index in [1.165, 1.54) is 16.7 Å². The van der Waals surface area contributed by atoms with Gasteiger partial charge < -0.3 is 15.8 Å². The Labute approximate surface area is 163 Å². The highest BCUT2D eigenvalue weighted by Gasteiger charge is 2.15. The smallest absolute Gasteiger partial charge is 0.320 e. The number of carbonyl (C=O) groups is 1. The first kappa shape index (κ1) is 18.0. The molecule has 3 aromatic carbocycles. The number of hydrogen-bond donors (Lipinski definition) is 3. The van der Waals surface area contributed by atoms with Crippen molar-refractivity contribution in [2.75, 3.05) is 0 Å². The molecule has 0 saturated carbocycles. The van der Waals surface area contributed by atoms with E-state index in [1.807, 2.05) is 12.3 Å². The summed E-state index contributed by atoms with van der Waals surface area (Å²) >= 11 is 0. The fourth-order valence-corrected chi connectivity index (χ4v) is 3.45. The summed E-state index contributed by atoms with van der Waals surface area (Å²) < 4.78 is 0. The minimum Gasteiger partial charge on any atom is -0.480 e. The van der Waals surface area contributed by atoms with Gasteiger partial charge >= 0.3 is 5.97 Å². The fourth-order valence-electron chi connectivity index (χ4n) is 3.45. The quantitative estimate of drug-likeness (QED) is 0.474. The molecule has 0 aliphatic rings. The largest absolute Gasteiger partial charge is 0.480 e. The van der Waals surface area contributed by atoms with E-state index in [4.69, 9.17) is 10.8 Å². The summed E-state index contributed by atoms with van der Waals surface area (Å²) in [5.41, 5.74) is 13.4. The minimum absolute atomic E-state index is 0.297. The molecule has 4 aromatic rings. The van der Waals surface area contributed by atoms with Gasteiger partial charge in [-0.1, -0.05) is 60.2 Å². The number of rotatable bonds is 5. The summed E-state index contributed by atoms with van der Waals surface area (Å²) in [6.07, 6.45) is 2.14. The molecule has 4 nitrogen and oxygen atoms in total. The number of H-pyrrole nitrogens is 1. The molecule has 4 heteroatoms. The molecule has 1 heterocycles. The molecule has 0 fully saturated rings. The lowest BCUT2D eigenvalue weighted by Crippen LogP contribution is -2.32. The molecule has 4 rings (SSSR count). The van der Waals surface area contributed by atoms with Gasteiger partial charge in [0.25, 0.3) is 0 Å². The number of aryl methyl sites for hydroxylation is 1. The average Bonchev–Trinajstić information content (AvgIpc) is 3.10. The molecular formula is C24H22N2O2. The number of aromatic amines is 1. The second kappa shape index (κ2) is 7.33. The van der Waals surface area contributed by atoms with Crippen molar-refractivity contribution in [2.24, 2.45) is 5.73 Å². The monoisotopic (exact) mass is 370 g/mol. The van der Waals surface area contributed by atoms with Gasteiger partial charge in [-0.2, -0.15) is 0 Å². The maximum absolute atomic E-state index is 11.1. The van der Waals surface area contributed by atoms with E-state index < -0.39 is 12.0 Å². The predicted molar refractivity (Wildman–Crippen MR) is 113 cm³/mol. The van der Waals surface area contributed by atoms with Crippen LogP contribution in [0, 0.1) is 6.92 Å². The number of aliphatic carboxylic acids is 1. The molecule has 1 unspecified atom stereocenters. The van der Waals surface area contributed by atoms with Crippen molar-refractivity contribution in [1.82, 2.24) is 4.98 Å². The van der Waals surface area contributed by atoms with E-state index in [9.17, 15) is 4.79 Å². The first-order chi connectivity index (χ1) is 13.5. The SMILES string of the molecule is Cc1ccc(-c2ccc(-c3ccc4[nH]cc(CC(N)C(=O)O)c4c3)cc2)cc1. The van der Waals surface area contributed by atoms with Crippen LogP contribution >= 0.6 is 0 Å². The number of carboxylic acids is 1. The van der Waals surface area contributed by atoms with E-state index in [2.05, 4.69) is 72.6 Å². The predicted octanol–water partition coefficient (Wildman–Crippen LogP) is 4.76. The van der Waals surface area contributed by atoms with Gasteiger partial charge in [0, 0.05) is 23.5 Å². The van der Waals surface area contributed by atoms with E-state index in [0.717, 1.165) is 27.6 Å². The van der Waals surface area contributed by atoms with E-state index in [-0.39, 0.29) is 0 Å². The molecule has 0 saturated heterocycles. The highest BCUT2D eigenvalue weighted by atomic mass is 16.4. The Morgan fingerprint density at radius 1 is 0.929 bits per heavy atom. The van der Waals surface area contributed by atoms with Crippen molar-refractivity contribution in [3.63, 3.8) is 0 Å². The van der Waals surface area contributed by atoms with Gasteiger partial charge in [0.05, 0.1) is 0 Å². The first-order valence-electron chi connectivity index (χ1n) is 9.27. The molecule has 0 amide bonds. The molecule has 1 aromatic heterocycles. The van der Waals surface area contributed by atoms with Crippen LogP contribution in [-0.2, 0) is 11.2 Å². The van der Waals surface area contributed by atoms with Crippen LogP contribution in [0.4, 0.5) is 0 Å². The molecule has 0 spiro atoms. The van der Waals surface area contributed by atoms with Gasteiger partial charge in [-0.05, 0) is 46.9 Å². The number of aromatic nitrogens is 1. The summed E-state index contributed by atoms with van der Waals surface area (Å²) in [4.78, 5) is 14.3. The zero-order valence-electron chi connectivity index (χ0n) is 15.6. The Hall–Kier alpha value is -3.37. The van der Waals surface area contributed by atoms with Gasteiger partial charge in [0.1, 0.15) is 6.04 Å². The minimum atomic E-state index is -0.989. The molecule has 0 aliphatic carbocycles. The Morgan fingerprint density at radius 3 is 2.07 bits per heavy atom. The van der Waals surface area contributed by atoms with Crippen LogP contribution in [0.25, 0.3) is 33.2 Å². The van der Waals surface area contributed by atoms with Crippen LogP contribution in [0.2, 0.25) is 0 Å². The van der Waals surface area contributed by atoms with E-state index in [0.29, 0.717) is 6.42 Å². The third kappa shape index (κ3) is 3.55. The average molecular weight is 370 g/mol. The Morgan fingerprint density at radius 2 is 1.46 bits per heavy atom. The molecule has 140 valence electrons. The number of fused-ring (bicyclic) bond motifs is 1. The van der Waals surface area contributed by atoms with Gasteiger partial charge in [0.15, 0.2) is 0 Å². The molecule has 0 bridgehead atoms. The van der Waals surface area contributed by atoms with Crippen molar-refractivity contribution < 1.29 is 9.90 Å². The zero-order valence-corrected chi connectivity index (χ0v) is 15.6. The van der Waals surface area contributed by atoms with Crippen LogP contribution in [0.15, 0.2) is 72.9 Å². The number of benzene rings is 3. The molecular weight excluding hydrogens is 348 g/mol. The normalized spacial score (nSPS) is 12.2. The highest BCUT2D eigenvalue weighted by molar-refractivity contribution is 5.89. The molecule has 1 atom stereocenters. The molecule has 28 heavy (non-hydrogen) atoms. The summed E-state index contributed by atoms with van der Waals surface area (Å²) in [5.74, 6) is -0.989. The first-order valence-corrected chi connectivity index (χ1v) is 9.27. The van der Waals surface area contributed by atoms with Crippen LogP contribution in [0.1, 0.15) is 11.1 Å². The summed E-state index contributed by atoms with van der Waals surface area (Å²) in [7, 11) is 0. The van der Waals surface area contributed by atoms with Gasteiger partial charge in [-0.15, -0.1) is 0 Å². The molecule has 0 radical (unpaired) electrons. The standard InChI is InChI=1S/C24H22N2O2/c1-15-2-4-16(5-3-15)17-6-8-18(9-7-17)19-10-11-23-21(12-19)20(14-26-23)13-22(25)24(27)28/h2-12,14,22,26H,13,25H2,1H3,(H,27,28). The van der Waals surface area contributed by atoms with Crippen molar-refractivity contribution in [1.29, 1.82) is 0 Å². The Balaban J connectivity index is 1.65. The topological polar surface area (TPSA) is 79.1 Å². The van der Waals surface area contributed by atoms with Crippen LogP contribution in [-0.4, -0.2) is 22.1 Å². The Bertz CT molecular complexity index is 1130. The van der Waals surface area contributed by atoms with Crippen molar-refractivity contribution in [3.05, 3.63) is 84.1 Å². The Kier molecular flexibility index (Phi) is 4.72. The van der Waals surface area contributed by atoms with Crippen molar-refractivity contribution >= 4 is 16.9 Å². The highest BCUT2D eigenvalue weighted by Crippen LogP contribution is 2.29. The van der Waals surface area contributed by atoms with E-state index in [1.54, 1.807) is 0 Å². The third-order valence-corrected chi connectivity index (χ3v) is 5.13. The third-order valence-electron chi connectivity index (χ3n) is 5.13. The van der Waals surface area contributed by atoms with Gasteiger partial charge in [-0.3, -0.25) is 4.79 Å². The van der Waals surface area contributed by atoms with Gasteiger partial charge in [0.2, 0.25) is 0 Å².